The highest BCUT2D eigenvalue weighted by atomic mass is 35.5. The lowest BCUT2D eigenvalue weighted by Crippen LogP contribution is -2.69. The van der Waals surface area contributed by atoms with Gasteiger partial charge in [-0.2, -0.15) is 21.6 Å². The van der Waals surface area contributed by atoms with Crippen LogP contribution in [0.1, 0.15) is 0 Å². The minimum absolute atomic E-state index is 0.662. The quantitative estimate of drug-likeness (QED) is 0.155. The van der Waals surface area contributed by atoms with Gasteiger partial charge in [-0.05, 0) is 0 Å². The monoisotopic (exact) mass is 416 g/mol. The molecule has 1 aliphatic carbocycles. The molecule has 0 radical (unpaired) electrons. The average molecular weight is 417 g/mol. The SMILES string of the molecule is O=[N+]([O-])C1C(Cl)C2NSNC2C(OS(=O)(=O)C(F)(F)F)C1[N+](=O)[O-]. The van der Waals surface area contributed by atoms with Gasteiger partial charge in [0.25, 0.3) is 6.04 Å². The number of rotatable bonds is 4. The Hall–Kier alpha value is -0.940. The van der Waals surface area contributed by atoms with Crippen LogP contribution in [0.25, 0.3) is 0 Å². The number of nitrogens with zero attached hydrogens (tertiary/aromatic N) is 2. The number of nitrogens with one attached hydrogen (secondary N) is 2. The predicted molar refractivity (Wildman–Crippen MR) is 72.5 cm³/mol. The number of hydrogen-bond donors (Lipinski definition) is 2. The number of nitro groups is 2. The van der Waals surface area contributed by atoms with Crippen molar-refractivity contribution in [3.05, 3.63) is 20.2 Å². The minimum atomic E-state index is -6.22. The Morgan fingerprint density at radius 2 is 1.58 bits per heavy atom. The second-order valence-corrected chi connectivity index (χ2v) is 7.59. The van der Waals surface area contributed by atoms with Gasteiger partial charge in [-0.3, -0.25) is 24.4 Å². The van der Waals surface area contributed by atoms with E-state index >= 15 is 0 Å². The van der Waals surface area contributed by atoms with Gasteiger partial charge in [0.2, 0.25) is 0 Å². The summed E-state index contributed by atoms with van der Waals surface area (Å²) in [5.74, 6) is 0. The number of halogens is 4. The second-order valence-electron chi connectivity index (χ2n) is 4.85. The molecule has 0 spiro atoms. The zero-order valence-corrected chi connectivity index (χ0v) is 13.4. The topological polar surface area (TPSA) is 154 Å². The molecule has 2 aliphatic rings. The molecule has 1 saturated heterocycles. The maximum atomic E-state index is 12.5. The van der Waals surface area contributed by atoms with E-state index in [4.69, 9.17) is 11.6 Å². The van der Waals surface area contributed by atoms with Crippen LogP contribution in [-0.4, -0.2) is 59.4 Å². The summed E-state index contributed by atoms with van der Waals surface area (Å²) in [5, 5.41) is 20.8. The first-order valence-electron chi connectivity index (χ1n) is 5.96. The van der Waals surface area contributed by atoms with Crippen LogP contribution in [0.4, 0.5) is 13.2 Å². The Kier molecular flexibility index (Phi) is 5.18. The molecule has 2 N–H and O–H groups in total. The van der Waals surface area contributed by atoms with E-state index in [1.807, 2.05) is 0 Å². The van der Waals surface area contributed by atoms with Gasteiger partial charge in [-0.15, -0.1) is 11.6 Å². The number of alkyl halides is 4. The van der Waals surface area contributed by atoms with Gasteiger partial charge in [0, 0.05) is 22.0 Å². The lowest BCUT2D eigenvalue weighted by atomic mass is 9.81. The third-order valence-corrected chi connectivity index (χ3v) is 5.85. The fraction of sp³-hybridized carbons (Fsp3) is 1.00. The molecule has 11 nitrogen and oxygen atoms in total. The van der Waals surface area contributed by atoms with Crippen molar-refractivity contribution in [2.24, 2.45) is 0 Å². The lowest BCUT2D eigenvalue weighted by molar-refractivity contribution is -0.627. The minimum Gasteiger partial charge on any atom is -0.264 e. The van der Waals surface area contributed by atoms with Crippen molar-refractivity contribution in [3.63, 3.8) is 0 Å². The Bertz CT molecular complexity index is 648. The number of hydrogen-bond acceptors (Lipinski definition) is 10. The highest BCUT2D eigenvalue weighted by Crippen LogP contribution is 2.37. The maximum absolute atomic E-state index is 12.5. The smallest absolute Gasteiger partial charge is 0.264 e. The average Bonchev–Trinajstić information content (AvgIpc) is 2.88. The zero-order valence-electron chi connectivity index (χ0n) is 11.0. The Morgan fingerprint density at radius 3 is 2.04 bits per heavy atom. The molecule has 0 aromatic heterocycles. The van der Waals surface area contributed by atoms with E-state index in [2.05, 4.69) is 13.6 Å². The molecule has 0 bridgehead atoms. The van der Waals surface area contributed by atoms with E-state index in [-0.39, 0.29) is 0 Å². The van der Waals surface area contributed by atoms with Gasteiger partial charge in [0.1, 0.15) is 5.38 Å². The highest BCUT2D eigenvalue weighted by molar-refractivity contribution is 7.95. The molecule has 0 amide bonds. The first kappa shape index (κ1) is 19.4. The van der Waals surface area contributed by atoms with Gasteiger partial charge >= 0.3 is 21.7 Å². The molecule has 6 atom stereocenters. The summed E-state index contributed by atoms with van der Waals surface area (Å²) in [4.78, 5) is 19.9. The predicted octanol–water partition coefficient (Wildman–Crippen LogP) is -0.374. The summed E-state index contributed by atoms with van der Waals surface area (Å²) in [7, 11) is -6.22. The first-order chi connectivity index (χ1) is 10.9. The molecule has 1 aliphatic heterocycles. The van der Waals surface area contributed by atoms with E-state index in [0.717, 1.165) is 0 Å². The fourth-order valence-corrected chi connectivity index (χ4v) is 4.55. The van der Waals surface area contributed by atoms with Gasteiger partial charge in [0.15, 0.2) is 6.10 Å². The summed E-state index contributed by atoms with van der Waals surface area (Å²) in [5.41, 5.74) is -5.84. The van der Waals surface area contributed by atoms with Crippen LogP contribution in [0.3, 0.4) is 0 Å². The summed E-state index contributed by atoms with van der Waals surface area (Å²) in [6, 6.07) is -7.07. The van der Waals surface area contributed by atoms with E-state index in [1.165, 1.54) is 0 Å². The van der Waals surface area contributed by atoms with Gasteiger partial charge in [-0.1, -0.05) is 0 Å². The van der Waals surface area contributed by atoms with Crippen LogP contribution in [0, 0.1) is 20.2 Å². The molecule has 1 saturated carbocycles. The van der Waals surface area contributed by atoms with Gasteiger partial charge < -0.3 is 0 Å². The van der Waals surface area contributed by atoms with Crippen molar-refractivity contribution in [1.29, 1.82) is 0 Å². The molecular weight excluding hydrogens is 409 g/mol. The molecule has 24 heavy (non-hydrogen) atoms. The van der Waals surface area contributed by atoms with Crippen LogP contribution in [0.2, 0.25) is 0 Å². The maximum Gasteiger partial charge on any atom is 0.523 e. The first-order valence-corrected chi connectivity index (χ1v) is 8.62. The molecule has 138 valence electrons. The molecule has 0 aromatic carbocycles. The van der Waals surface area contributed by atoms with Gasteiger partial charge in [0.05, 0.1) is 12.1 Å². The second kappa shape index (κ2) is 6.41. The molecule has 1 heterocycles. The summed E-state index contributed by atoms with van der Waals surface area (Å²) >= 11 is 6.52. The molecular formula is C7H8ClF3N4O7S2. The Labute approximate surface area is 140 Å². The third kappa shape index (κ3) is 3.25. The standard InChI is InChI=1S/C7H8ClF3N4O7S2/c8-1-2-3(13-23-12-2)6(22-24(20,21)7(9,10)11)5(15(18)19)4(1)14(16)17/h1-6,12-13H. The van der Waals surface area contributed by atoms with E-state index in [0.29, 0.717) is 12.1 Å². The zero-order chi connectivity index (χ0) is 18.4. The van der Waals surface area contributed by atoms with Crippen LogP contribution >= 0.6 is 23.7 Å². The summed E-state index contributed by atoms with van der Waals surface area (Å²) in [6.07, 6.45) is -2.29. The van der Waals surface area contributed by atoms with E-state index in [9.17, 15) is 41.8 Å². The van der Waals surface area contributed by atoms with Crippen LogP contribution < -0.4 is 9.44 Å². The van der Waals surface area contributed by atoms with Crippen molar-refractivity contribution in [2.45, 2.75) is 41.2 Å². The molecule has 17 heteroatoms. The van der Waals surface area contributed by atoms with Crippen LogP contribution in [0.5, 0.6) is 0 Å². The number of fused-ring (bicyclic) bond motifs is 1. The van der Waals surface area contributed by atoms with E-state index < -0.39 is 61.1 Å². The van der Waals surface area contributed by atoms with E-state index in [1.54, 1.807) is 0 Å². The lowest BCUT2D eigenvalue weighted by Gasteiger charge is -2.37. The van der Waals surface area contributed by atoms with Crippen molar-refractivity contribution < 1.29 is 35.6 Å². The van der Waals surface area contributed by atoms with Crippen LogP contribution in [0.15, 0.2) is 0 Å². The van der Waals surface area contributed by atoms with Crippen molar-refractivity contribution >= 4 is 33.9 Å². The fourth-order valence-electron chi connectivity index (χ4n) is 2.46. The van der Waals surface area contributed by atoms with Gasteiger partial charge in [-0.25, -0.2) is 9.44 Å². The largest absolute Gasteiger partial charge is 0.523 e. The summed E-state index contributed by atoms with van der Waals surface area (Å²) in [6.45, 7) is 0. The third-order valence-electron chi connectivity index (χ3n) is 3.49. The highest BCUT2D eigenvalue weighted by Gasteiger charge is 2.66. The molecule has 2 fully saturated rings. The Morgan fingerprint density at radius 1 is 1.08 bits per heavy atom. The normalized spacial score (nSPS) is 37.0. The van der Waals surface area contributed by atoms with Crippen molar-refractivity contribution in [3.8, 4) is 0 Å². The van der Waals surface area contributed by atoms with Crippen LogP contribution in [-0.2, 0) is 14.3 Å². The molecule has 0 aromatic rings. The Balaban J connectivity index is 2.48. The van der Waals surface area contributed by atoms with Crippen molar-refractivity contribution in [2.75, 3.05) is 0 Å². The summed E-state index contributed by atoms with van der Waals surface area (Å²) < 4.78 is 68.8. The molecule has 2 rings (SSSR count). The van der Waals surface area contributed by atoms with Crippen molar-refractivity contribution in [1.82, 2.24) is 9.44 Å². The molecule has 6 unspecified atom stereocenters.